The van der Waals surface area contributed by atoms with Gasteiger partial charge in [0.25, 0.3) is 0 Å². The minimum atomic E-state index is -0.686. The molecule has 0 unspecified atom stereocenters. The van der Waals surface area contributed by atoms with Crippen molar-refractivity contribution < 1.29 is 19.1 Å². The van der Waals surface area contributed by atoms with Gasteiger partial charge in [-0.25, -0.2) is 4.79 Å². The Kier molecular flexibility index (Phi) is 7.26. The number of ether oxygens (including phenoxy) is 1. The maximum atomic E-state index is 12.7. The molecule has 0 aliphatic rings. The molecule has 0 saturated heterocycles. The Morgan fingerprint density at radius 1 is 1.00 bits per heavy atom. The maximum absolute atomic E-state index is 12.7. The number of carbonyl (C=O) groups excluding carboxylic acids is 3. The van der Waals surface area contributed by atoms with E-state index in [0.29, 0.717) is 16.9 Å². The number of ketones is 1. The number of nitriles is 1. The largest absolute Gasteiger partial charge is 0.444 e. The lowest BCUT2D eigenvalue weighted by Gasteiger charge is -2.21. The second-order valence-electron chi connectivity index (χ2n) is 8.24. The first-order chi connectivity index (χ1) is 15.6. The highest BCUT2D eigenvalue weighted by Crippen LogP contribution is 2.31. The molecule has 168 valence electrons. The molecule has 0 spiro atoms. The van der Waals surface area contributed by atoms with E-state index in [1.54, 1.807) is 51.1 Å². The molecule has 33 heavy (non-hydrogen) atoms. The van der Waals surface area contributed by atoms with Gasteiger partial charge in [-0.1, -0.05) is 18.2 Å². The summed E-state index contributed by atoms with van der Waals surface area (Å²) in [5, 5.41) is 18.3. The highest BCUT2D eigenvalue weighted by molar-refractivity contribution is 7.08. The fourth-order valence-corrected chi connectivity index (χ4v) is 3.65. The summed E-state index contributed by atoms with van der Waals surface area (Å²) in [5.41, 5.74) is 2.42. The lowest BCUT2D eigenvalue weighted by molar-refractivity contribution is -0.115. The summed E-state index contributed by atoms with van der Waals surface area (Å²) in [6.07, 6.45) is -1.07. The fourth-order valence-electron chi connectivity index (χ4n) is 2.98. The number of hydrogen-bond acceptors (Lipinski definition) is 6. The third-order valence-electron chi connectivity index (χ3n) is 4.42. The first-order valence-corrected chi connectivity index (χ1v) is 11.1. The molecule has 7 nitrogen and oxygen atoms in total. The van der Waals surface area contributed by atoms with Gasteiger partial charge in [-0.3, -0.25) is 14.9 Å². The highest BCUT2D eigenvalue weighted by atomic mass is 32.1. The predicted octanol–water partition coefficient (Wildman–Crippen LogP) is 5.85. The Morgan fingerprint density at radius 3 is 2.45 bits per heavy atom. The third kappa shape index (κ3) is 6.76. The van der Waals surface area contributed by atoms with Crippen LogP contribution in [0.15, 0.2) is 59.3 Å². The molecule has 0 atom stereocenters. The summed E-state index contributed by atoms with van der Waals surface area (Å²) >= 11 is 1.54. The van der Waals surface area contributed by atoms with Gasteiger partial charge in [0.1, 0.15) is 5.60 Å². The molecule has 0 radical (unpaired) electrons. The first-order valence-electron chi connectivity index (χ1n) is 10.1. The molecular weight excluding hydrogens is 438 g/mol. The molecular formula is C25H23N3O4S. The smallest absolute Gasteiger partial charge is 0.412 e. The van der Waals surface area contributed by atoms with Crippen LogP contribution in [-0.2, 0) is 9.53 Å². The molecule has 2 N–H and O–H groups in total. The Hall–Kier alpha value is -3.96. The van der Waals surface area contributed by atoms with E-state index in [1.165, 1.54) is 17.4 Å². The van der Waals surface area contributed by atoms with E-state index < -0.39 is 29.8 Å². The van der Waals surface area contributed by atoms with Crippen LogP contribution in [0.3, 0.4) is 0 Å². The van der Waals surface area contributed by atoms with Gasteiger partial charge in [-0.05, 0) is 73.0 Å². The van der Waals surface area contributed by atoms with Gasteiger partial charge in [-0.2, -0.15) is 16.6 Å². The molecule has 0 saturated carbocycles. The number of Topliss-reactive ketones (excluding diaryl/α,β-unsaturated/α-hetero) is 1. The van der Waals surface area contributed by atoms with Gasteiger partial charge in [0.2, 0.25) is 5.91 Å². The van der Waals surface area contributed by atoms with Crippen LogP contribution in [0.1, 0.15) is 43.1 Å². The number of carbonyl (C=O) groups is 3. The molecule has 1 heterocycles. The van der Waals surface area contributed by atoms with Crippen molar-refractivity contribution >= 4 is 40.5 Å². The van der Waals surface area contributed by atoms with Gasteiger partial charge in [-0.15, -0.1) is 0 Å². The van der Waals surface area contributed by atoms with Crippen LogP contribution < -0.4 is 10.6 Å². The Balaban J connectivity index is 1.81. The number of thiophene rings is 1. The van der Waals surface area contributed by atoms with Crippen molar-refractivity contribution in [1.29, 1.82) is 5.26 Å². The zero-order chi connectivity index (χ0) is 24.0. The van der Waals surface area contributed by atoms with E-state index >= 15 is 0 Å². The van der Waals surface area contributed by atoms with Gasteiger partial charge < -0.3 is 10.1 Å². The summed E-state index contributed by atoms with van der Waals surface area (Å²) in [6.45, 7) is 5.26. The second-order valence-corrected chi connectivity index (χ2v) is 9.02. The zero-order valence-electron chi connectivity index (χ0n) is 18.5. The first kappa shape index (κ1) is 23.7. The summed E-state index contributed by atoms with van der Waals surface area (Å²) in [7, 11) is 0. The van der Waals surface area contributed by atoms with Crippen LogP contribution in [0, 0.1) is 11.3 Å². The average molecular weight is 462 g/mol. The van der Waals surface area contributed by atoms with Crippen molar-refractivity contribution in [1.82, 2.24) is 0 Å². The predicted molar refractivity (Wildman–Crippen MR) is 128 cm³/mol. The number of rotatable bonds is 6. The van der Waals surface area contributed by atoms with Crippen molar-refractivity contribution in [2.24, 2.45) is 0 Å². The molecule has 0 fully saturated rings. The number of anilines is 2. The normalized spacial score (nSPS) is 10.7. The van der Waals surface area contributed by atoms with Gasteiger partial charge in [0.15, 0.2) is 5.78 Å². The number of hydrogen-bond donors (Lipinski definition) is 2. The van der Waals surface area contributed by atoms with Gasteiger partial charge >= 0.3 is 6.09 Å². The van der Waals surface area contributed by atoms with Crippen LogP contribution in [0.5, 0.6) is 0 Å². The van der Waals surface area contributed by atoms with E-state index in [0.717, 1.165) is 11.1 Å². The number of amides is 2. The van der Waals surface area contributed by atoms with Crippen molar-refractivity contribution in [3.8, 4) is 17.2 Å². The van der Waals surface area contributed by atoms with E-state index in [4.69, 9.17) is 10.00 Å². The Labute approximate surface area is 196 Å². The molecule has 3 rings (SSSR count). The standard InChI is InChI=1S/C25H23N3O4S/c1-25(2,3)32-24(31)28-20-8-7-17(19-9-10-33-15-19)12-21(20)27-23(30)13-22(29)18-6-4-5-16(11-18)14-26/h4-12,15H,13H2,1-3H3,(H,27,30)(H,28,31). The fraction of sp³-hybridized carbons (Fsp3) is 0.200. The number of nitrogens with one attached hydrogen (secondary N) is 2. The van der Waals surface area contributed by atoms with Crippen LogP contribution in [-0.4, -0.2) is 23.4 Å². The summed E-state index contributed by atoms with van der Waals surface area (Å²) in [5.74, 6) is -0.961. The van der Waals surface area contributed by atoms with Crippen LogP contribution >= 0.6 is 11.3 Å². The zero-order valence-corrected chi connectivity index (χ0v) is 19.3. The minimum absolute atomic E-state index is 0.281. The van der Waals surface area contributed by atoms with Crippen molar-refractivity contribution in [3.05, 3.63) is 70.4 Å². The van der Waals surface area contributed by atoms with Crippen molar-refractivity contribution in [3.63, 3.8) is 0 Å². The quantitative estimate of drug-likeness (QED) is 0.354. The van der Waals surface area contributed by atoms with E-state index in [9.17, 15) is 14.4 Å². The van der Waals surface area contributed by atoms with Gasteiger partial charge in [0.05, 0.1) is 29.4 Å². The maximum Gasteiger partial charge on any atom is 0.412 e. The lowest BCUT2D eigenvalue weighted by atomic mass is 10.0. The third-order valence-corrected chi connectivity index (χ3v) is 5.10. The molecule has 3 aromatic rings. The van der Waals surface area contributed by atoms with Crippen molar-refractivity contribution in [2.75, 3.05) is 10.6 Å². The van der Waals surface area contributed by atoms with Crippen LogP contribution in [0.2, 0.25) is 0 Å². The molecule has 1 aromatic heterocycles. The van der Waals surface area contributed by atoms with E-state index in [-0.39, 0.29) is 5.56 Å². The molecule has 2 amide bonds. The molecule has 0 aliphatic heterocycles. The number of nitrogens with zero attached hydrogens (tertiary/aromatic N) is 1. The highest BCUT2D eigenvalue weighted by Gasteiger charge is 2.19. The minimum Gasteiger partial charge on any atom is -0.444 e. The molecule has 0 aliphatic carbocycles. The van der Waals surface area contributed by atoms with E-state index in [2.05, 4.69) is 10.6 Å². The van der Waals surface area contributed by atoms with Gasteiger partial charge in [0, 0.05) is 5.56 Å². The summed E-state index contributed by atoms with van der Waals surface area (Å²) in [6, 6.07) is 15.3. The molecule has 0 bridgehead atoms. The van der Waals surface area contributed by atoms with Crippen LogP contribution in [0.4, 0.5) is 16.2 Å². The summed E-state index contributed by atoms with van der Waals surface area (Å²) < 4.78 is 5.31. The Bertz CT molecular complexity index is 1220. The number of benzene rings is 2. The van der Waals surface area contributed by atoms with E-state index in [1.807, 2.05) is 29.0 Å². The molecule has 2 aromatic carbocycles. The Morgan fingerprint density at radius 2 is 1.79 bits per heavy atom. The monoisotopic (exact) mass is 461 g/mol. The second kappa shape index (κ2) is 10.1. The SMILES string of the molecule is CC(C)(C)OC(=O)Nc1ccc(-c2ccsc2)cc1NC(=O)CC(=O)c1cccc(C#N)c1. The topological polar surface area (TPSA) is 108 Å². The van der Waals surface area contributed by atoms with Crippen LogP contribution in [0.25, 0.3) is 11.1 Å². The average Bonchev–Trinajstić information content (AvgIpc) is 3.28. The lowest BCUT2D eigenvalue weighted by Crippen LogP contribution is -2.27. The molecule has 8 heteroatoms. The summed E-state index contributed by atoms with van der Waals surface area (Å²) in [4.78, 5) is 37.5. The van der Waals surface area contributed by atoms with Crippen molar-refractivity contribution in [2.45, 2.75) is 32.8 Å².